The van der Waals surface area contributed by atoms with Crippen LogP contribution in [0.25, 0.3) is 11.0 Å². The summed E-state index contributed by atoms with van der Waals surface area (Å²) in [5.74, 6) is 1.37. The van der Waals surface area contributed by atoms with Crippen LogP contribution in [0.3, 0.4) is 0 Å². The summed E-state index contributed by atoms with van der Waals surface area (Å²) in [6.45, 7) is 7.59. The van der Waals surface area contributed by atoms with E-state index in [4.69, 9.17) is 9.72 Å². The summed E-state index contributed by atoms with van der Waals surface area (Å²) in [4.78, 5) is 4.76. The Morgan fingerprint density at radius 2 is 1.88 bits per heavy atom. The molecule has 0 spiro atoms. The number of imidazole rings is 1. The fraction of sp³-hybridized carbons (Fsp3) is 0.333. The maximum absolute atomic E-state index is 9.25. The predicted molar refractivity (Wildman–Crippen MR) is 99.2 cm³/mol. The molecule has 0 N–H and O–H groups in total. The molecule has 4 nitrogen and oxygen atoms in total. The number of hydrogen-bond donors (Lipinski definition) is 0. The van der Waals surface area contributed by atoms with Crippen molar-refractivity contribution in [1.29, 1.82) is 5.26 Å². The van der Waals surface area contributed by atoms with Gasteiger partial charge in [0.1, 0.15) is 12.4 Å². The number of aromatic nitrogens is 2. The van der Waals surface area contributed by atoms with E-state index in [2.05, 4.69) is 43.5 Å². The van der Waals surface area contributed by atoms with Gasteiger partial charge in [0.15, 0.2) is 0 Å². The lowest BCUT2D eigenvalue weighted by atomic mass is 10.1. The van der Waals surface area contributed by atoms with Crippen molar-refractivity contribution in [2.45, 2.75) is 33.4 Å². The van der Waals surface area contributed by atoms with Crippen LogP contribution in [0.1, 0.15) is 43.8 Å². The molecule has 0 bridgehead atoms. The summed E-state index contributed by atoms with van der Waals surface area (Å²) in [5.41, 5.74) is 3.71. The molecule has 0 aliphatic rings. The van der Waals surface area contributed by atoms with Gasteiger partial charge < -0.3 is 9.30 Å². The summed E-state index contributed by atoms with van der Waals surface area (Å²) in [5, 5.41) is 9.25. The molecule has 0 radical (unpaired) electrons. The largest absolute Gasteiger partial charge is 0.373 e. The van der Waals surface area contributed by atoms with Crippen LogP contribution in [0.2, 0.25) is 0 Å². The Labute approximate surface area is 148 Å². The second-order valence-electron chi connectivity index (χ2n) is 6.71. The van der Waals surface area contributed by atoms with E-state index in [9.17, 15) is 5.26 Å². The minimum atomic E-state index is 0.109. The number of rotatable bonds is 6. The zero-order valence-electron chi connectivity index (χ0n) is 14.9. The van der Waals surface area contributed by atoms with Crippen LogP contribution in [-0.4, -0.2) is 16.2 Å². The van der Waals surface area contributed by atoms with E-state index in [-0.39, 0.29) is 6.04 Å². The summed E-state index contributed by atoms with van der Waals surface area (Å²) in [6, 6.07) is 18.3. The molecule has 0 amide bonds. The van der Waals surface area contributed by atoms with E-state index in [0.717, 1.165) is 16.9 Å². The van der Waals surface area contributed by atoms with Crippen LogP contribution < -0.4 is 0 Å². The third kappa shape index (κ3) is 3.72. The Morgan fingerprint density at radius 3 is 2.56 bits per heavy atom. The van der Waals surface area contributed by atoms with Gasteiger partial charge in [0.25, 0.3) is 0 Å². The zero-order chi connectivity index (χ0) is 17.8. The van der Waals surface area contributed by atoms with E-state index >= 15 is 0 Å². The van der Waals surface area contributed by atoms with Gasteiger partial charge >= 0.3 is 0 Å². The van der Waals surface area contributed by atoms with Crippen LogP contribution in [0, 0.1) is 17.2 Å². The molecule has 3 aromatic rings. The first kappa shape index (κ1) is 17.2. The first-order chi connectivity index (χ1) is 12.1. The Bertz CT molecular complexity index is 891. The first-order valence-electron chi connectivity index (χ1n) is 8.63. The molecule has 0 aliphatic carbocycles. The van der Waals surface area contributed by atoms with Gasteiger partial charge in [-0.3, -0.25) is 0 Å². The van der Waals surface area contributed by atoms with Crippen LogP contribution in [0.5, 0.6) is 0 Å². The zero-order valence-corrected chi connectivity index (χ0v) is 14.9. The van der Waals surface area contributed by atoms with E-state index < -0.39 is 0 Å². The molecule has 0 saturated carbocycles. The van der Waals surface area contributed by atoms with E-state index in [1.807, 2.05) is 36.4 Å². The monoisotopic (exact) mass is 333 g/mol. The highest BCUT2D eigenvalue weighted by molar-refractivity contribution is 5.78. The molecule has 0 aliphatic heterocycles. The van der Waals surface area contributed by atoms with Gasteiger partial charge in [0.2, 0.25) is 0 Å². The maximum atomic E-state index is 9.25. The van der Waals surface area contributed by atoms with Gasteiger partial charge in [0, 0.05) is 6.61 Å². The van der Waals surface area contributed by atoms with E-state index in [0.29, 0.717) is 24.7 Å². The molecule has 1 aromatic heterocycles. The predicted octanol–water partition coefficient (Wildman–Crippen LogP) is 4.69. The van der Waals surface area contributed by atoms with Crippen molar-refractivity contribution < 1.29 is 4.74 Å². The number of ether oxygens (including phenoxy) is 1. The number of hydrogen-bond acceptors (Lipinski definition) is 3. The smallest absolute Gasteiger partial charge is 0.136 e. The Kier molecular flexibility index (Phi) is 5.16. The summed E-state index contributed by atoms with van der Waals surface area (Å²) < 4.78 is 8.03. The SMILES string of the molecule is CC(C)COCc1nc2ccc(C#N)cc2n1[C@@H](C)c1ccccc1. The Balaban J connectivity index is 2.06. The highest BCUT2D eigenvalue weighted by atomic mass is 16.5. The molecule has 1 atom stereocenters. The van der Waals surface area contributed by atoms with Gasteiger partial charge in [-0.1, -0.05) is 44.2 Å². The molecule has 128 valence electrons. The minimum Gasteiger partial charge on any atom is -0.373 e. The van der Waals surface area contributed by atoms with E-state index in [1.54, 1.807) is 0 Å². The van der Waals surface area contributed by atoms with Crippen molar-refractivity contribution in [3.63, 3.8) is 0 Å². The molecule has 0 unspecified atom stereocenters. The quantitative estimate of drug-likeness (QED) is 0.657. The minimum absolute atomic E-state index is 0.109. The second-order valence-corrected chi connectivity index (χ2v) is 6.71. The molecule has 0 saturated heterocycles. The number of nitrogens with zero attached hydrogens (tertiary/aromatic N) is 3. The van der Waals surface area contributed by atoms with Gasteiger partial charge in [-0.2, -0.15) is 5.26 Å². The van der Waals surface area contributed by atoms with Crippen molar-refractivity contribution in [1.82, 2.24) is 9.55 Å². The van der Waals surface area contributed by atoms with Crippen molar-refractivity contribution in [3.05, 3.63) is 65.5 Å². The number of fused-ring (bicyclic) bond motifs is 1. The summed E-state index contributed by atoms with van der Waals surface area (Å²) in [7, 11) is 0. The van der Waals surface area contributed by atoms with Crippen LogP contribution in [0.4, 0.5) is 0 Å². The molecule has 1 heterocycles. The first-order valence-corrected chi connectivity index (χ1v) is 8.63. The molecule has 4 heteroatoms. The van der Waals surface area contributed by atoms with Crippen molar-refractivity contribution in [2.75, 3.05) is 6.61 Å². The molecule has 25 heavy (non-hydrogen) atoms. The van der Waals surface area contributed by atoms with Gasteiger partial charge in [-0.25, -0.2) is 4.98 Å². The highest BCUT2D eigenvalue weighted by Gasteiger charge is 2.18. The third-order valence-electron chi connectivity index (χ3n) is 4.24. The lowest BCUT2D eigenvalue weighted by molar-refractivity contribution is 0.0901. The molecule has 0 fully saturated rings. The summed E-state index contributed by atoms with van der Waals surface area (Å²) in [6.07, 6.45) is 0. The lowest BCUT2D eigenvalue weighted by Gasteiger charge is -2.18. The van der Waals surface area contributed by atoms with Crippen LogP contribution >= 0.6 is 0 Å². The average Bonchev–Trinajstić information content (AvgIpc) is 2.98. The molecule has 3 rings (SSSR count). The fourth-order valence-electron chi connectivity index (χ4n) is 3.01. The highest BCUT2D eigenvalue weighted by Crippen LogP contribution is 2.27. The van der Waals surface area contributed by atoms with E-state index in [1.165, 1.54) is 5.56 Å². The van der Waals surface area contributed by atoms with Crippen LogP contribution in [0.15, 0.2) is 48.5 Å². The Hall–Kier alpha value is -2.64. The molecular formula is C21H23N3O. The normalized spacial score (nSPS) is 12.4. The molecule has 2 aromatic carbocycles. The van der Waals surface area contributed by atoms with Crippen molar-refractivity contribution in [2.24, 2.45) is 5.92 Å². The fourth-order valence-corrected chi connectivity index (χ4v) is 3.01. The Morgan fingerprint density at radius 1 is 1.12 bits per heavy atom. The van der Waals surface area contributed by atoms with Gasteiger partial charge in [0.05, 0.1) is 28.7 Å². The third-order valence-corrected chi connectivity index (χ3v) is 4.24. The van der Waals surface area contributed by atoms with Gasteiger partial charge in [-0.05, 0) is 36.6 Å². The summed E-state index contributed by atoms with van der Waals surface area (Å²) >= 11 is 0. The standard InChI is InChI=1S/C21H23N3O/c1-15(2)13-25-14-21-23-19-10-9-17(12-22)11-20(19)24(21)16(3)18-7-5-4-6-8-18/h4-11,15-16H,13-14H2,1-3H3/t16-/m0/s1. The topological polar surface area (TPSA) is 50.8 Å². The number of benzene rings is 2. The van der Waals surface area contributed by atoms with Crippen molar-refractivity contribution in [3.8, 4) is 6.07 Å². The lowest BCUT2D eigenvalue weighted by Crippen LogP contribution is -2.13. The van der Waals surface area contributed by atoms with Crippen LogP contribution in [-0.2, 0) is 11.3 Å². The van der Waals surface area contributed by atoms with Gasteiger partial charge in [-0.15, -0.1) is 0 Å². The maximum Gasteiger partial charge on any atom is 0.136 e. The molecular weight excluding hydrogens is 310 g/mol. The number of nitriles is 1. The second kappa shape index (κ2) is 7.50. The van der Waals surface area contributed by atoms with Crippen molar-refractivity contribution >= 4 is 11.0 Å². The average molecular weight is 333 g/mol.